The smallest absolute Gasteiger partial charge is 0.341 e. The number of aryl methyl sites for hydroxylation is 1. The van der Waals surface area contributed by atoms with Crippen LogP contribution in [0.4, 0.5) is 15.8 Å². The number of aromatic carboxylic acids is 1. The summed E-state index contributed by atoms with van der Waals surface area (Å²) in [7, 11) is 9.09. The number of carboxylic acids is 1. The number of likely N-dealkylation sites (N-methyl/N-ethyl adjacent to an activating group) is 1. The predicted molar refractivity (Wildman–Crippen MR) is 157 cm³/mol. The molecule has 0 amide bonds. The van der Waals surface area contributed by atoms with Crippen LogP contribution in [0.15, 0.2) is 41.6 Å². The Morgan fingerprint density at radius 3 is 2.63 bits per heavy atom. The van der Waals surface area contributed by atoms with Gasteiger partial charge in [-0.25, -0.2) is 19.2 Å². The van der Waals surface area contributed by atoms with Gasteiger partial charge in [0.05, 0.1) is 39.8 Å². The van der Waals surface area contributed by atoms with E-state index in [2.05, 4.69) is 25.1 Å². The number of anilines is 2. The summed E-state index contributed by atoms with van der Waals surface area (Å²) < 4.78 is 22.2. The quantitative estimate of drug-likeness (QED) is 0.287. The Balaban J connectivity index is 1.68. The van der Waals surface area contributed by atoms with Crippen LogP contribution in [-0.2, 0) is 11.8 Å². The van der Waals surface area contributed by atoms with Crippen molar-refractivity contribution in [1.82, 2.24) is 24.4 Å². The van der Waals surface area contributed by atoms with Crippen molar-refractivity contribution in [3.63, 3.8) is 0 Å². The normalized spacial score (nSPS) is 17.4. The van der Waals surface area contributed by atoms with Crippen molar-refractivity contribution in [2.24, 2.45) is 7.05 Å². The molecule has 1 aliphatic rings. The molecule has 212 valence electrons. The molecule has 1 unspecified atom stereocenters. The summed E-state index contributed by atoms with van der Waals surface area (Å²) in [5, 5.41) is 14.2. The van der Waals surface area contributed by atoms with Crippen LogP contribution in [0.2, 0.25) is 0 Å². The Kier molecular flexibility index (Phi) is 6.39. The maximum absolute atomic E-state index is 14.9. The highest BCUT2D eigenvalue weighted by atomic mass is 19.1. The van der Waals surface area contributed by atoms with Gasteiger partial charge in [-0.15, -0.1) is 0 Å². The molecule has 4 aromatic heterocycles. The van der Waals surface area contributed by atoms with Crippen LogP contribution in [0.1, 0.15) is 10.4 Å². The fourth-order valence-corrected chi connectivity index (χ4v) is 5.98. The van der Waals surface area contributed by atoms with E-state index in [0.717, 1.165) is 16.6 Å². The molecule has 41 heavy (non-hydrogen) atoms. The Labute approximate surface area is 234 Å². The topological polar surface area (TPSA) is 129 Å². The SMILES string of the molecule is CNc1cc(F)cc2c1[nH]c1ncc(-c3cnc4c(c3)c(=O)c(C(=O)O)cn4C)c(N3CC(OC)[C@@H](N(C)C)C3)c12. The molecule has 0 saturated carbocycles. The molecule has 0 aliphatic carbocycles. The monoisotopic (exact) mass is 559 g/mol. The van der Waals surface area contributed by atoms with E-state index >= 15 is 0 Å². The molecule has 1 saturated heterocycles. The second-order valence-electron chi connectivity index (χ2n) is 10.6. The van der Waals surface area contributed by atoms with Crippen LogP contribution in [0.3, 0.4) is 0 Å². The van der Waals surface area contributed by atoms with E-state index in [1.807, 2.05) is 14.1 Å². The fourth-order valence-electron chi connectivity index (χ4n) is 5.98. The predicted octanol–water partition coefficient (Wildman–Crippen LogP) is 3.27. The number of rotatable bonds is 6. The average molecular weight is 560 g/mol. The second kappa shape index (κ2) is 9.82. The van der Waals surface area contributed by atoms with Gasteiger partial charge in [-0.2, -0.15) is 0 Å². The number of hydrogen-bond acceptors (Lipinski definition) is 8. The van der Waals surface area contributed by atoms with E-state index in [4.69, 9.17) is 9.72 Å². The van der Waals surface area contributed by atoms with E-state index in [1.54, 1.807) is 39.7 Å². The first-order chi connectivity index (χ1) is 19.6. The molecule has 2 atom stereocenters. The fraction of sp³-hybridized carbons (Fsp3) is 0.310. The lowest BCUT2D eigenvalue weighted by Crippen LogP contribution is -2.39. The van der Waals surface area contributed by atoms with Crippen molar-refractivity contribution in [3.05, 3.63) is 58.4 Å². The molecule has 12 heteroatoms. The van der Waals surface area contributed by atoms with Crippen LogP contribution in [0, 0.1) is 5.82 Å². The molecule has 1 fully saturated rings. The number of nitrogens with one attached hydrogen (secondary N) is 2. The van der Waals surface area contributed by atoms with Gasteiger partial charge in [0.1, 0.15) is 22.7 Å². The summed E-state index contributed by atoms with van der Waals surface area (Å²) in [6, 6.07) is 4.67. The van der Waals surface area contributed by atoms with Crippen LogP contribution >= 0.6 is 0 Å². The van der Waals surface area contributed by atoms with E-state index in [-0.39, 0.29) is 23.1 Å². The molecule has 3 N–H and O–H groups in total. The standard InChI is InChI=1S/C29H30FN7O4/c1-31-20-8-15(30)7-16-23-25(37-12-21(35(2)3)22(13-37)41-5)18(10-32-27(23)34-24(16)20)14-6-17-26(38)19(29(39)40)11-36(4)28(17)33-9-14/h6-11,21-22,31H,12-13H2,1-5H3,(H,32,34)(H,39,40)/t21-,22?/m0/s1. The van der Waals surface area contributed by atoms with E-state index < -0.39 is 17.2 Å². The van der Waals surface area contributed by atoms with Gasteiger partial charge >= 0.3 is 5.97 Å². The van der Waals surface area contributed by atoms with Crippen molar-refractivity contribution >= 4 is 50.3 Å². The first-order valence-corrected chi connectivity index (χ1v) is 13.1. The van der Waals surface area contributed by atoms with Crippen molar-refractivity contribution in [1.29, 1.82) is 0 Å². The molecular weight excluding hydrogens is 529 g/mol. The number of fused-ring (bicyclic) bond motifs is 4. The average Bonchev–Trinajstić information content (AvgIpc) is 3.55. The van der Waals surface area contributed by atoms with Crippen molar-refractivity contribution in [2.45, 2.75) is 12.1 Å². The molecule has 6 rings (SSSR count). The number of halogens is 1. The third-order valence-electron chi connectivity index (χ3n) is 8.01. The Morgan fingerprint density at radius 2 is 1.98 bits per heavy atom. The summed E-state index contributed by atoms with van der Waals surface area (Å²) in [4.78, 5) is 41.9. The molecule has 5 aromatic rings. The molecule has 1 aromatic carbocycles. The summed E-state index contributed by atoms with van der Waals surface area (Å²) in [5.41, 5.74) is 3.38. The number of pyridine rings is 3. The number of H-pyrrole nitrogens is 1. The first kappa shape index (κ1) is 26.7. The van der Waals surface area contributed by atoms with Gasteiger partial charge in [-0.05, 0) is 32.3 Å². The van der Waals surface area contributed by atoms with Gasteiger partial charge in [0, 0.05) is 69.4 Å². The number of benzene rings is 1. The number of methoxy groups -OCH3 is 1. The van der Waals surface area contributed by atoms with Crippen LogP contribution in [-0.4, -0.2) is 89.0 Å². The highest BCUT2D eigenvalue weighted by Crippen LogP contribution is 2.43. The minimum absolute atomic E-state index is 0.0870. The van der Waals surface area contributed by atoms with Crippen LogP contribution < -0.4 is 15.6 Å². The van der Waals surface area contributed by atoms with E-state index in [1.165, 1.54) is 22.9 Å². The summed E-state index contributed by atoms with van der Waals surface area (Å²) in [6.45, 7) is 1.20. The lowest BCUT2D eigenvalue weighted by Gasteiger charge is -2.25. The highest BCUT2D eigenvalue weighted by molar-refractivity contribution is 6.18. The number of aromatic amines is 1. The molecule has 0 bridgehead atoms. The minimum Gasteiger partial charge on any atom is -0.477 e. The van der Waals surface area contributed by atoms with Crippen molar-refractivity contribution in [2.75, 3.05) is 51.6 Å². The summed E-state index contributed by atoms with van der Waals surface area (Å²) in [5.74, 6) is -1.70. The number of carboxylic acid groups (broad SMARTS) is 1. The summed E-state index contributed by atoms with van der Waals surface area (Å²) >= 11 is 0. The van der Waals surface area contributed by atoms with Crippen LogP contribution in [0.5, 0.6) is 0 Å². The lowest BCUT2D eigenvalue weighted by molar-refractivity contribution is 0.0639. The first-order valence-electron chi connectivity index (χ1n) is 13.1. The number of hydrogen-bond donors (Lipinski definition) is 3. The molecule has 5 heterocycles. The molecule has 0 spiro atoms. The molecule has 1 aliphatic heterocycles. The third-order valence-corrected chi connectivity index (χ3v) is 8.01. The number of carbonyl (C=O) groups is 1. The van der Waals surface area contributed by atoms with Gasteiger partial charge in [-0.3, -0.25) is 4.79 Å². The maximum atomic E-state index is 14.9. The lowest BCUT2D eigenvalue weighted by atomic mass is 10.0. The number of nitrogens with zero attached hydrogens (tertiary/aromatic N) is 5. The molecular formula is C29H30FN7O4. The van der Waals surface area contributed by atoms with Gasteiger partial charge in [0.15, 0.2) is 0 Å². The zero-order valence-electron chi connectivity index (χ0n) is 23.3. The largest absolute Gasteiger partial charge is 0.477 e. The summed E-state index contributed by atoms with van der Waals surface area (Å²) in [6.07, 6.45) is 4.54. The molecule has 0 radical (unpaired) electrons. The Hall–Kier alpha value is -4.55. The Bertz CT molecular complexity index is 1920. The molecule has 11 nitrogen and oxygen atoms in total. The maximum Gasteiger partial charge on any atom is 0.341 e. The van der Waals surface area contributed by atoms with Gasteiger partial charge in [-0.1, -0.05) is 0 Å². The second-order valence-corrected chi connectivity index (χ2v) is 10.6. The zero-order valence-corrected chi connectivity index (χ0v) is 23.3. The highest BCUT2D eigenvalue weighted by Gasteiger charge is 2.37. The number of ether oxygens (including phenoxy) is 1. The third kappa shape index (κ3) is 4.18. The minimum atomic E-state index is -1.31. The van der Waals surface area contributed by atoms with E-state index in [0.29, 0.717) is 46.6 Å². The van der Waals surface area contributed by atoms with Crippen LogP contribution in [0.25, 0.3) is 44.1 Å². The zero-order chi connectivity index (χ0) is 29.2. The number of aromatic nitrogens is 4. The van der Waals surface area contributed by atoms with Crippen molar-refractivity contribution < 1.29 is 19.0 Å². The van der Waals surface area contributed by atoms with Crippen molar-refractivity contribution in [3.8, 4) is 11.1 Å². The Morgan fingerprint density at radius 1 is 1.20 bits per heavy atom. The van der Waals surface area contributed by atoms with Gasteiger partial charge in [0.25, 0.3) is 0 Å². The van der Waals surface area contributed by atoms with E-state index in [9.17, 15) is 19.1 Å². The van der Waals surface area contributed by atoms with Gasteiger partial charge < -0.3 is 34.5 Å². The van der Waals surface area contributed by atoms with Gasteiger partial charge in [0.2, 0.25) is 5.43 Å².